The van der Waals surface area contributed by atoms with Crippen LogP contribution in [0.4, 0.5) is 5.69 Å². The number of carboxylic acids is 1. The smallest absolute Gasteiger partial charge is 0.335 e. The maximum Gasteiger partial charge on any atom is 0.335 e. The summed E-state index contributed by atoms with van der Waals surface area (Å²) in [6.45, 7) is 0.430. The third-order valence-electron chi connectivity index (χ3n) is 6.47. The van der Waals surface area contributed by atoms with Crippen LogP contribution in [0.5, 0.6) is 11.5 Å². The van der Waals surface area contributed by atoms with Gasteiger partial charge in [-0.05, 0) is 94.0 Å². The largest absolute Gasteiger partial charge is 0.493 e. The number of hydrogen-bond donors (Lipinski definition) is 1. The molecule has 10 heteroatoms. The van der Waals surface area contributed by atoms with E-state index in [0.29, 0.717) is 32.8 Å². The van der Waals surface area contributed by atoms with E-state index < -0.39 is 5.97 Å². The van der Waals surface area contributed by atoms with E-state index in [0.717, 1.165) is 20.3 Å². The van der Waals surface area contributed by atoms with Gasteiger partial charge in [0.05, 0.1) is 45.0 Å². The lowest BCUT2D eigenvalue weighted by molar-refractivity contribution is -0.122. The normalized spacial score (nSPS) is 14.6. The molecule has 43 heavy (non-hydrogen) atoms. The molecule has 5 rings (SSSR count). The van der Waals surface area contributed by atoms with Crippen molar-refractivity contribution in [3.63, 3.8) is 0 Å². The maximum atomic E-state index is 13.7. The van der Waals surface area contributed by atoms with Crippen molar-refractivity contribution in [3.8, 4) is 17.6 Å². The fourth-order valence-electron chi connectivity index (χ4n) is 4.30. The predicted octanol–water partition coefficient (Wildman–Crippen LogP) is 7.25. The van der Waals surface area contributed by atoms with Crippen LogP contribution in [0.3, 0.4) is 0 Å². The van der Waals surface area contributed by atoms with Gasteiger partial charge in [-0.25, -0.2) is 9.79 Å². The second-order valence-corrected chi connectivity index (χ2v) is 11.5. The molecule has 0 bridgehead atoms. The highest BCUT2D eigenvalue weighted by Crippen LogP contribution is 2.39. The van der Waals surface area contributed by atoms with Crippen molar-refractivity contribution in [1.29, 1.82) is 5.26 Å². The van der Waals surface area contributed by atoms with E-state index in [2.05, 4.69) is 28.7 Å². The van der Waals surface area contributed by atoms with Crippen molar-refractivity contribution < 1.29 is 24.2 Å². The summed E-state index contributed by atoms with van der Waals surface area (Å²) in [5.74, 6) is -0.188. The molecule has 4 aromatic rings. The molecule has 4 aromatic carbocycles. The van der Waals surface area contributed by atoms with Gasteiger partial charge in [-0.15, -0.1) is 0 Å². The van der Waals surface area contributed by atoms with E-state index in [1.54, 1.807) is 42.4 Å². The van der Waals surface area contributed by atoms with Gasteiger partial charge in [0.2, 0.25) is 0 Å². The number of para-hydroxylation sites is 1. The van der Waals surface area contributed by atoms with E-state index >= 15 is 0 Å². The first-order valence-electron chi connectivity index (χ1n) is 13.0. The molecular formula is C33H24IN3O5S. The summed E-state index contributed by atoms with van der Waals surface area (Å²) >= 11 is 3.43. The summed E-state index contributed by atoms with van der Waals surface area (Å²) in [6, 6.07) is 29.0. The first-order chi connectivity index (χ1) is 20.9. The molecule has 1 amide bonds. The molecule has 1 heterocycles. The molecule has 0 saturated carbocycles. The van der Waals surface area contributed by atoms with Crippen molar-refractivity contribution in [1.82, 2.24) is 4.90 Å². The SMILES string of the molecule is COc1cc(/C=C2\SC(=Nc3ccccc3)N(Cc3ccc(C(=O)O)cc3)C2=O)cc(I)c1OCc1ccccc1C#N. The molecule has 8 nitrogen and oxygen atoms in total. The zero-order valence-corrected chi connectivity index (χ0v) is 25.8. The molecule has 214 valence electrons. The molecule has 0 radical (unpaired) electrons. The van der Waals surface area contributed by atoms with Gasteiger partial charge >= 0.3 is 5.97 Å². The lowest BCUT2D eigenvalue weighted by atomic mass is 10.1. The van der Waals surface area contributed by atoms with Gasteiger partial charge in [-0.3, -0.25) is 9.69 Å². The number of thioether (sulfide) groups is 1. The number of nitrogens with zero attached hydrogens (tertiary/aromatic N) is 3. The first-order valence-corrected chi connectivity index (χ1v) is 14.9. The van der Waals surface area contributed by atoms with Gasteiger partial charge < -0.3 is 14.6 Å². The van der Waals surface area contributed by atoms with Crippen LogP contribution in [0.1, 0.15) is 32.6 Å². The standard InChI is InChI=1S/C33H24IN3O5S/c1-41-28-16-22(15-27(34)30(28)42-20-25-8-6-5-7-24(25)18-35)17-29-31(38)37(19-21-11-13-23(14-12-21)32(39)40)33(43-29)36-26-9-3-2-4-10-26/h2-17H,19-20H2,1H3,(H,39,40)/b29-17-,36-33?. The topological polar surface area (TPSA) is 112 Å². The number of hydrogen-bond acceptors (Lipinski definition) is 7. The van der Waals surface area contributed by atoms with E-state index in [9.17, 15) is 20.0 Å². The highest BCUT2D eigenvalue weighted by molar-refractivity contribution is 14.1. The Balaban J connectivity index is 1.44. The van der Waals surface area contributed by atoms with Crippen molar-refractivity contribution in [2.75, 3.05) is 7.11 Å². The lowest BCUT2D eigenvalue weighted by Gasteiger charge is -2.16. The summed E-state index contributed by atoms with van der Waals surface area (Å²) in [6.07, 6.45) is 1.79. The maximum absolute atomic E-state index is 13.7. The zero-order valence-electron chi connectivity index (χ0n) is 22.9. The number of carbonyl (C=O) groups excluding carboxylic acids is 1. The Morgan fingerprint density at radius 3 is 2.49 bits per heavy atom. The molecule has 0 aromatic heterocycles. The number of amides is 1. The van der Waals surface area contributed by atoms with Crippen LogP contribution in [-0.2, 0) is 17.9 Å². The van der Waals surface area contributed by atoms with Gasteiger partial charge in [0.15, 0.2) is 16.7 Å². The monoisotopic (exact) mass is 701 g/mol. The quantitative estimate of drug-likeness (QED) is 0.145. The minimum atomic E-state index is -1.01. The number of nitriles is 1. The van der Waals surface area contributed by atoms with E-state index in [1.807, 2.05) is 54.6 Å². The van der Waals surface area contributed by atoms with Gasteiger partial charge in [0.1, 0.15) is 6.61 Å². The minimum Gasteiger partial charge on any atom is -0.493 e. The number of carboxylic acid groups (broad SMARTS) is 1. The molecule has 1 N–H and O–H groups in total. The zero-order chi connectivity index (χ0) is 30.3. The molecule has 1 saturated heterocycles. The Morgan fingerprint density at radius 2 is 1.79 bits per heavy atom. The molecule has 1 aliphatic heterocycles. The molecule has 0 atom stereocenters. The van der Waals surface area contributed by atoms with E-state index in [1.165, 1.54) is 23.9 Å². The lowest BCUT2D eigenvalue weighted by Crippen LogP contribution is -2.28. The van der Waals surface area contributed by atoms with E-state index in [4.69, 9.17) is 14.5 Å². The minimum absolute atomic E-state index is 0.176. The number of aliphatic imine (C=N–C) groups is 1. The van der Waals surface area contributed by atoms with Crippen LogP contribution in [-0.4, -0.2) is 34.2 Å². The highest BCUT2D eigenvalue weighted by atomic mass is 127. The Bertz CT molecular complexity index is 1780. The molecule has 1 fully saturated rings. The average Bonchev–Trinajstić information content (AvgIpc) is 3.29. The van der Waals surface area contributed by atoms with Gasteiger partial charge in [0.25, 0.3) is 5.91 Å². The molecule has 0 aliphatic carbocycles. The van der Waals surface area contributed by atoms with Crippen LogP contribution >= 0.6 is 34.4 Å². The van der Waals surface area contributed by atoms with Crippen LogP contribution in [0, 0.1) is 14.9 Å². The van der Waals surface area contributed by atoms with Crippen molar-refractivity contribution >= 4 is 63.2 Å². The number of methoxy groups -OCH3 is 1. The van der Waals surface area contributed by atoms with Crippen molar-refractivity contribution in [2.45, 2.75) is 13.2 Å². The molecule has 1 aliphatic rings. The van der Waals surface area contributed by atoms with Gasteiger partial charge in [-0.2, -0.15) is 5.26 Å². The fraction of sp³-hybridized carbons (Fsp3) is 0.0909. The summed E-state index contributed by atoms with van der Waals surface area (Å²) in [4.78, 5) is 31.8. The van der Waals surface area contributed by atoms with Crippen LogP contribution in [0.25, 0.3) is 6.08 Å². The predicted molar refractivity (Wildman–Crippen MR) is 174 cm³/mol. The van der Waals surface area contributed by atoms with Gasteiger partial charge in [0, 0.05) is 5.56 Å². The Hall–Kier alpha value is -4.60. The molecule has 0 spiro atoms. The number of halogens is 1. The van der Waals surface area contributed by atoms with Crippen molar-refractivity contribution in [2.24, 2.45) is 4.99 Å². The average molecular weight is 702 g/mol. The fourth-order valence-corrected chi connectivity index (χ4v) is 6.08. The van der Waals surface area contributed by atoms with Gasteiger partial charge in [-0.1, -0.05) is 48.5 Å². The number of carbonyl (C=O) groups is 2. The summed E-state index contributed by atoms with van der Waals surface area (Å²) < 4.78 is 12.5. The number of benzene rings is 4. The number of aromatic carboxylic acids is 1. The second kappa shape index (κ2) is 13.6. The summed E-state index contributed by atoms with van der Waals surface area (Å²) in [7, 11) is 1.55. The third-order valence-corrected chi connectivity index (χ3v) is 8.28. The number of rotatable bonds is 9. The Kier molecular flexibility index (Phi) is 9.44. The van der Waals surface area contributed by atoms with E-state index in [-0.39, 0.29) is 24.6 Å². The first kappa shape index (κ1) is 29.9. The molecular weight excluding hydrogens is 677 g/mol. The second-order valence-electron chi connectivity index (χ2n) is 9.33. The number of amidine groups is 1. The summed E-state index contributed by atoms with van der Waals surface area (Å²) in [5.41, 5.74) is 3.72. The Labute approximate surface area is 266 Å². The highest BCUT2D eigenvalue weighted by Gasteiger charge is 2.33. The molecule has 0 unspecified atom stereocenters. The van der Waals surface area contributed by atoms with Crippen LogP contribution in [0.15, 0.2) is 101 Å². The van der Waals surface area contributed by atoms with Crippen molar-refractivity contribution in [3.05, 3.63) is 127 Å². The summed E-state index contributed by atoms with van der Waals surface area (Å²) in [5, 5.41) is 19.2. The Morgan fingerprint density at radius 1 is 1.07 bits per heavy atom. The third kappa shape index (κ3) is 7.07. The van der Waals surface area contributed by atoms with Crippen LogP contribution < -0.4 is 9.47 Å². The van der Waals surface area contributed by atoms with Crippen LogP contribution in [0.2, 0.25) is 0 Å². The number of ether oxygens (including phenoxy) is 2.